The van der Waals surface area contributed by atoms with E-state index in [0.29, 0.717) is 42.6 Å². The summed E-state index contributed by atoms with van der Waals surface area (Å²) in [5.41, 5.74) is 12.5. The molecule has 39 heavy (non-hydrogen) atoms. The highest BCUT2D eigenvalue weighted by Crippen LogP contribution is 2.29. The molecule has 11 heteroatoms. The SMILES string of the molecule is CC(CCc1c(CCNCc2cnn(-c3ccc4oc(=O)n(C)c4c3)c2)ccc2c1COC2=O)[C@@H](N)C(=O)O. The van der Waals surface area contributed by atoms with Crippen LogP contribution in [0, 0.1) is 5.92 Å². The number of cyclic esters (lactones) is 1. The molecule has 0 saturated carbocycles. The van der Waals surface area contributed by atoms with Crippen LogP contribution < -0.4 is 16.8 Å². The van der Waals surface area contributed by atoms with Crippen molar-refractivity contribution >= 4 is 23.0 Å². The highest BCUT2D eigenvalue weighted by molar-refractivity contribution is 5.94. The summed E-state index contributed by atoms with van der Waals surface area (Å²) in [6, 6.07) is 8.31. The van der Waals surface area contributed by atoms with Crippen molar-refractivity contribution in [2.75, 3.05) is 6.54 Å². The maximum absolute atomic E-state index is 12.1. The third kappa shape index (κ3) is 5.36. The van der Waals surface area contributed by atoms with Crippen LogP contribution in [0.2, 0.25) is 0 Å². The Bertz CT molecular complexity index is 1600. The lowest BCUT2D eigenvalue weighted by molar-refractivity contribution is -0.139. The van der Waals surface area contributed by atoms with E-state index in [0.717, 1.165) is 34.4 Å². The van der Waals surface area contributed by atoms with Crippen LogP contribution in [0.25, 0.3) is 16.8 Å². The zero-order valence-corrected chi connectivity index (χ0v) is 21.8. The van der Waals surface area contributed by atoms with Gasteiger partial charge in [-0.05, 0) is 67.1 Å². The molecule has 2 aromatic carbocycles. The highest BCUT2D eigenvalue weighted by atomic mass is 16.5. The Kier molecular flexibility index (Phi) is 7.36. The summed E-state index contributed by atoms with van der Waals surface area (Å²) in [5, 5.41) is 17.1. The average Bonchev–Trinajstić information content (AvgIpc) is 3.62. The Morgan fingerprint density at radius 3 is 2.85 bits per heavy atom. The van der Waals surface area contributed by atoms with E-state index in [1.54, 1.807) is 24.0 Å². The van der Waals surface area contributed by atoms with Crippen molar-refractivity contribution < 1.29 is 23.8 Å². The number of nitrogens with zero attached hydrogens (tertiary/aromatic N) is 3. The quantitative estimate of drug-likeness (QED) is 0.195. The number of carboxylic acid groups (broad SMARTS) is 1. The van der Waals surface area contributed by atoms with Crippen molar-refractivity contribution in [3.8, 4) is 5.69 Å². The van der Waals surface area contributed by atoms with Gasteiger partial charge < -0.3 is 25.3 Å². The lowest BCUT2D eigenvalue weighted by Crippen LogP contribution is -2.36. The van der Waals surface area contributed by atoms with E-state index in [1.807, 2.05) is 37.4 Å². The van der Waals surface area contributed by atoms with E-state index in [2.05, 4.69) is 10.4 Å². The van der Waals surface area contributed by atoms with E-state index in [-0.39, 0.29) is 18.5 Å². The number of benzene rings is 2. The molecule has 0 fully saturated rings. The molecule has 4 N–H and O–H groups in total. The van der Waals surface area contributed by atoms with Crippen LogP contribution in [0.15, 0.2) is 51.9 Å². The molecule has 0 aliphatic carbocycles. The fraction of sp³-hybridized carbons (Fsp3) is 0.357. The highest BCUT2D eigenvalue weighted by Gasteiger charge is 2.27. The Morgan fingerprint density at radius 2 is 2.05 bits per heavy atom. The number of fused-ring (bicyclic) bond motifs is 2. The van der Waals surface area contributed by atoms with Gasteiger partial charge in [-0.1, -0.05) is 13.0 Å². The van der Waals surface area contributed by atoms with Crippen molar-refractivity contribution in [3.63, 3.8) is 0 Å². The van der Waals surface area contributed by atoms with E-state index in [1.165, 1.54) is 4.57 Å². The topological polar surface area (TPSA) is 155 Å². The number of aromatic nitrogens is 3. The third-order valence-corrected chi connectivity index (χ3v) is 7.42. The fourth-order valence-electron chi connectivity index (χ4n) is 4.96. The van der Waals surface area contributed by atoms with Gasteiger partial charge in [0.15, 0.2) is 5.58 Å². The van der Waals surface area contributed by atoms with Crippen LogP contribution in [0.3, 0.4) is 0 Å². The third-order valence-electron chi connectivity index (χ3n) is 7.42. The summed E-state index contributed by atoms with van der Waals surface area (Å²) >= 11 is 0. The minimum Gasteiger partial charge on any atom is -0.480 e. The van der Waals surface area contributed by atoms with Crippen LogP contribution in [0.5, 0.6) is 0 Å². The monoisotopic (exact) mass is 533 g/mol. The first-order valence-electron chi connectivity index (χ1n) is 12.9. The minimum atomic E-state index is -1.01. The number of carbonyl (C=O) groups is 2. The van der Waals surface area contributed by atoms with Gasteiger partial charge in [0.05, 0.1) is 23.0 Å². The first kappa shape index (κ1) is 26.4. The largest absolute Gasteiger partial charge is 0.480 e. The predicted octanol–water partition coefficient (Wildman–Crippen LogP) is 2.30. The van der Waals surface area contributed by atoms with Gasteiger partial charge in [-0.3, -0.25) is 9.36 Å². The molecule has 0 bridgehead atoms. The fourth-order valence-corrected chi connectivity index (χ4v) is 4.96. The number of rotatable bonds is 11. The Labute approximate surface area is 224 Å². The summed E-state index contributed by atoms with van der Waals surface area (Å²) in [5.74, 6) is -1.95. The maximum atomic E-state index is 12.1. The molecule has 5 rings (SSSR count). The van der Waals surface area contributed by atoms with Gasteiger partial charge in [0.25, 0.3) is 0 Å². The van der Waals surface area contributed by atoms with E-state index >= 15 is 0 Å². The molecular formula is C28H31N5O6. The first-order chi connectivity index (χ1) is 18.7. The smallest absolute Gasteiger partial charge is 0.419 e. The minimum absolute atomic E-state index is 0.210. The second kappa shape index (κ2) is 10.9. The Balaban J connectivity index is 1.22. The molecule has 0 spiro atoms. The molecule has 4 aromatic rings. The number of ether oxygens (including phenoxy) is 1. The van der Waals surface area contributed by atoms with Gasteiger partial charge in [-0.2, -0.15) is 5.10 Å². The van der Waals surface area contributed by atoms with Crippen LogP contribution >= 0.6 is 0 Å². The Morgan fingerprint density at radius 1 is 1.23 bits per heavy atom. The summed E-state index contributed by atoms with van der Waals surface area (Å²) in [7, 11) is 1.67. The molecule has 11 nitrogen and oxygen atoms in total. The van der Waals surface area contributed by atoms with Crippen LogP contribution in [-0.2, 0) is 42.6 Å². The lowest BCUT2D eigenvalue weighted by atomic mass is 9.88. The predicted molar refractivity (Wildman–Crippen MR) is 143 cm³/mol. The van der Waals surface area contributed by atoms with Gasteiger partial charge in [0.1, 0.15) is 12.6 Å². The molecule has 2 atom stereocenters. The molecule has 1 unspecified atom stereocenters. The molecular weight excluding hydrogens is 502 g/mol. The van der Waals surface area contributed by atoms with Crippen LogP contribution in [0.1, 0.15) is 46.0 Å². The summed E-state index contributed by atoms with van der Waals surface area (Å²) in [6.07, 6.45) is 5.67. The zero-order valence-electron chi connectivity index (χ0n) is 21.8. The van der Waals surface area contributed by atoms with Gasteiger partial charge in [0.2, 0.25) is 0 Å². The molecule has 2 aromatic heterocycles. The van der Waals surface area contributed by atoms with Gasteiger partial charge in [-0.25, -0.2) is 14.3 Å². The molecule has 204 valence electrons. The number of aryl methyl sites for hydroxylation is 1. The molecule has 0 saturated heterocycles. The summed E-state index contributed by atoms with van der Waals surface area (Å²) < 4.78 is 13.7. The number of hydrogen-bond acceptors (Lipinski definition) is 8. The van der Waals surface area contributed by atoms with E-state index in [9.17, 15) is 19.5 Å². The van der Waals surface area contributed by atoms with Crippen molar-refractivity contribution in [2.45, 2.75) is 45.4 Å². The molecule has 1 aliphatic heterocycles. The van der Waals surface area contributed by atoms with Gasteiger partial charge in [0, 0.05) is 30.9 Å². The van der Waals surface area contributed by atoms with Crippen molar-refractivity contribution in [2.24, 2.45) is 18.7 Å². The summed E-state index contributed by atoms with van der Waals surface area (Å²) in [6.45, 7) is 3.37. The number of esters is 1. The molecule has 0 amide bonds. The van der Waals surface area contributed by atoms with E-state index in [4.69, 9.17) is 14.9 Å². The number of carbonyl (C=O) groups excluding carboxylic acids is 1. The number of carboxylic acids is 1. The average molecular weight is 534 g/mol. The number of aliphatic carboxylic acids is 1. The van der Waals surface area contributed by atoms with Crippen molar-refractivity contribution in [3.05, 3.63) is 81.1 Å². The number of oxazole rings is 1. The first-order valence-corrected chi connectivity index (χ1v) is 12.9. The van der Waals surface area contributed by atoms with Crippen LogP contribution in [-0.4, -0.2) is 44.0 Å². The maximum Gasteiger partial charge on any atom is 0.419 e. The Hall–Kier alpha value is -4.22. The van der Waals surface area contributed by atoms with Crippen LogP contribution in [0.4, 0.5) is 0 Å². The van der Waals surface area contributed by atoms with Gasteiger partial charge >= 0.3 is 17.7 Å². The number of hydrogen-bond donors (Lipinski definition) is 3. The molecule has 3 heterocycles. The van der Waals surface area contributed by atoms with E-state index < -0.39 is 17.8 Å². The van der Waals surface area contributed by atoms with Gasteiger partial charge in [-0.15, -0.1) is 0 Å². The lowest BCUT2D eigenvalue weighted by Gasteiger charge is -2.18. The summed E-state index contributed by atoms with van der Waals surface area (Å²) in [4.78, 5) is 35.1. The number of nitrogens with one attached hydrogen (secondary N) is 1. The molecule has 1 aliphatic rings. The second-order valence-corrected chi connectivity index (χ2v) is 9.98. The van der Waals surface area contributed by atoms with Crippen molar-refractivity contribution in [1.29, 1.82) is 0 Å². The standard InChI is InChI=1S/C28H31N5O6/c1-16(25(29)26(34)35)3-6-20-18(4-7-21-22(20)15-38-27(21)36)9-10-30-12-17-13-31-33(14-17)19-5-8-24-23(11-19)32(2)28(37)39-24/h4-5,7-8,11,13-14,16,25,30H,3,6,9-10,12,15,29H2,1-2H3,(H,34,35)/t16?,25-/m1/s1. The second-order valence-electron chi connectivity index (χ2n) is 9.98. The zero-order chi connectivity index (χ0) is 27.7. The number of nitrogens with two attached hydrogens (primary N) is 1. The molecule has 0 radical (unpaired) electrons. The normalized spacial score (nSPS) is 14.4. The van der Waals surface area contributed by atoms with Crippen molar-refractivity contribution in [1.82, 2.24) is 19.7 Å².